The van der Waals surface area contributed by atoms with Gasteiger partial charge in [-0.25, -0.2) is 4.90 Å². The number of aromatic nitrogens is 1. The maximum Gasteiger partial charge on any atom is 0.251 e. The zero-order chi connectivity index (χ0) is 22.4. The second kappa shape index (κ2) is 7.80. The van der Waals surface area contributed by atoms with Crippen molar-refractivity contribution in [3.63, 3.8) is 0 Å². The van der Waals surface area contributed by atoms with Crippen molar-refractivity contribution in [3.05, 3.63) is 53.7 Å². The van der Waals surface area contributed by atoms with Crippen molar-refractivity contribution >= 4 is 40.0 Å². The summed E-state index contributed by atoms with van der Waals surface area (Å²) in [7, 11) is 1.66. The minimum absolute atomic E-state index is 0.162. The Kier molecular flexibility index (Phi) is 4.94. The van der Waals surface area contributed by atoms with Gasteiger partial charge in [-0.2, -0.15) is 0 Å². The van der Waals surface area contributed by atoms with Gasteiger partial charge in [0.2, 0.25) is 11.8 Å². The van der Waals surface area contributed by atoms with E-state index in [0.29, 0.717) is 24.5 Å². The number of rotatable bonds is 4. The van der Waals surface area contributed by atoms with Crippen molar-refractivity contribution in [3.8, 4) is 5.75 Å². The van der Waals surface area contributed by atoms with Crippen LogP contribution < -0.4 is 15.0 Å². The van der Waals surface area contributed by atoms with Crippen LogP contribution in [0.15, 0.2) is 42.5 Å². The van der Waals surface area contributed by atoms with Crippen molar-refractivity contribution in [2.45, 2.75) is 32.4 Å². The molecule has 5 rings (SSSR count). The Bertz CT molecular complexity index is 1230. The fourth-order valence-corrected chi connectivity index (χ4v) is 4.70. The molecule has 3 aromatic rings. The molecule has 1 unspecified atom stereocenters. The summed E-state index contributed by atoms with van der Waals surface area (Å²) in [5.74, 6) is 0.229. The molecule has 8 nitrogen and oxygen atoms in total. The van der Waals surface area contributed by atoms with E-state index in [1.807, 2.05) is 18.2 Å². The molecule has 3 heterocycles. The molecule has 32 heavy (non-hydrogen) atoms. The van der Waals surface area contributed by atoms with Crippen LogP contribution in [0.25, 0.3) is 10.9 Å². The fraction of sp³-hybridized carbons (Fsp3) is 0.292. The average Bonchev–Trinajstić information content (AvgIpc) is 3.29. The lowest BCUT2D eigenvalue weighted by atomic mass is 10.0. The van der Waals surface area contributed by atoms with Gasteiger partial charge in [0, 0.05) is 42.3 Å². The summed E-state index contributed by atoms with van der Waals surface area (Å²) in [6.45, 7) is 2.72. The van der Waals surface area contributed by atoms with Crippen molar-refractivity contribution in [1.82, 2.24) is 9.88 Å². The average molecular weight is 432 g/mol. The van der Waals surface area contributed by atoms with Gasteiger partial charge >= 0.3 is 0 Å². The van der Waals surface area contributed by atoms with Gasteiger partial charge in [0.05, 0.1) is 25.3 Å². The van der Waals surface area contributed by atoms with Gasteiger partial charge in [-0.1, -0.05) is 0 Å². The van der Waals surface area contributed by atoms with E-state index in [1.165, 1.54) is 17.4 Å². The summed E-state index contributed by atoms with van der Waals surface area (Å²) in [5.41, 5.74) is 4.52. The number of hydrogen-bond acceptors (Lipinski definition) is 5. The molecule has 2 N–H and O–H groups in total. The van der Waals surface area contributed by atoms with E-state index in [1.54, 1.807) is 31.4 Å². The SMILES string of the molecule is COc1ccc2[nH]c3c(c2c1)CCN(C1CC(=O)N(c2ccc(NC(C)=O)cc2)C1=O)C3. The number of amides is 3. The molecule has 2 aromatic carbocycles. The Hall–Kier alpha value is -3.65. The Labute approximate surface area is 185 Å². The van der Waals surface area contributed by atoms with Gasteiger partial charge in [-0.15, -0.1) is 0 Å². The standard InChI is InChI=1S/C24H24N4O4/c1-14(29)25-15-3-5-16(6-4-15)28-23(30)12-22(24(28)31)27-10-9-18-19-11-17(32-2)7-8-20(19)26-21(18)13-27/h3-8,11,22,26H,9-10,12-13H2,1-2H3,(H,25,29). The Morgan fingerprint density at radius 1 is 1.16 bits per heavy atom. The van der Waals surface area contributed by atoms with Crippen LogP contribution in [0.4, 0.5) is 11.4 Å². The highest BCUT2D eigenvalue weighted by molar-refractivity contribution is 6.22. The molecule has 1 saturated heterocycles. The van der Waals surface area contributed by atoms with Crippen LogP contribution in [0.1, 0.15) is 24.6 Å². The summed E-state index contributed by atoms with van der Waals surface area (Å²) in [6.07, 6.45) is 0.960. The number of hydrogen-bond donors (Lipinski definition) is 2. The number of methoxy groups -OCH3 is 1. The second-order valence-electron chi connectivity index (χ2n) is 8.23. The maximum atomic E-state index is 13.2. The minimum Gasteiger partial charge on any atom is -0.497 e. The van der Waals surface area contributed by atoms with Gasteiger partial charge in [0.1, 0.15) is 5.75 Å². The lowest BCUT2D eigenvalue weighted by Crippen LogP contribution is -2.44. The number of anilines is 2. The third-order valence-electron chi connectivity index (χ3n) is 6.22. The lowest BCUT2D eigenvalue weighted by Gasteiger charge is -2.30. The number of carbonyl (C=O) groups excluding carboxylic acids is 3. The van der Waals surface area contributed by atoms with Crippen LogP contribution in [-0.2, 0) is 27.3 Å². The van der Waals surface area contributed by atoms with E-state index in [9.17, 15) is 14.4 Å². The van der Waals surface area contributed by atoms with Crippen LogP contribution in [0.5, 0.6) is 5.75 Å². The van der Waals surface area contributed by atoms with E-state index in [4.69, 9.17) is 4.74 Å². The molecule has 1 aromatic heterocycles. The summed E-state index contributed by atoms with van der Waals surface area (Å²) in [5, 5.41) is 3.83. The second-order valence-corrected chi connectivity index (χ2v) is 8.23. The summed E-state index contributed by atoms with van der Waals surface area (Å²) >= 11 is 0. The monoisotopic (exact) mass is 432 g/mol. The van der Waals surface area contributed by atoms with Crippen molar-refractivity contribution in [2.24, 2.45) is 0 Å². The largest absolute Gasteiger partial charge is 0.497 e. The van der Waals surface area contributed by atoms with Gasteiger partial charge in [0.25, 0.3) is 5.91 Å². The topological polar surface area (TPSA) is 94.7 Å². The first kappa shape index (κ1) is 20.3. The smallest absolute Gasteiger partial charge is 0.251 e. The maximum absolute atomic E-state index is 13.2. The van der Waals surface area contributed by atoms with Crippen molar-refractivity contribution in [2.75, 3.05) is 23.9 Å². The van der Waals surface area contributed by atoms with Crippen LogP contribution in [0.3, 0.4) is 0 Å². The highest BCUT2D eigenvalue weighted by Crippen LogP contribution is 2.33. The van der Waals surface area contributed by atoms with Crippen LogP contribution in [0.2, 0.25) is 0 Å². The number of H-pyrrole nitrogens is 1. The molecular formula is C24H24N4O4. The number of ether oxygens (including phenoxy) is 1. The first-order chi connectivity index (χ1) is 15.4. The summed E-state index contributed by atoms with van der Waals surface area (Å²) in [6, 6.07) is 12.2. The Balaban J connectivity index is 1.36. The first-order valence-corrected chi connectivity index (χ1v) is 10.6. The number of fused-ring (bicyclic) bond motifs is 3. The fourth-order valence-electron chi connectivity index (χ4n) is 4.70. The molecule has 0 saturated carbocycles. The number of imide groups is 1. The molecule has 3 amide bonds. The number of aromatic amines is 1. The Morgan fingerprint density at radius 2 is 1.94 bits per heavy atom. The number of carbonyl (C=O) groups is 3. The van der Waals surface area contributed by atoms with E-state index >= 15 is 0 Å². The van der Waals surface area contributed by atoms with Crippen LogP contribution in [0, 0.1) is 0 Å². The van der Waals surface area contributed by atoms with E-state index in [-0.39, 0.29) is 24.1 Å². The summed E-state index contributed by atoms with van der Waals surface area (Å²) < 4.78 is 5.36. The van der Waals surface area contributed by atoms with E-state index < -0.39 is 6.04 Å². The predicted octanol–water partition coefficient (Wildman–Crippen LogP) is 2.83. The molecule has 164 valence electrons. The molecule has 0 bridgehead atoms. The lowest BCUT2D eigenvalue weighted by molar-refractivity contribution is -0.123. The first-order valence-electron chi connectivity index (χ1n) is 10.6. The van der Waals surface area contributed by atoms with Crippen LogP contribution in [-0.4, -0.2) is 47.3 Å². The van der Waals surface area contributed by atoms with Gasteiger partial charge < -0.3 is 15.0 Å². The van der Waals surface area contributed by atoms with Gasteiger partial charge in [-0.05, 0) is 54.4 Å². The third kappa shape index (κ3) is 3.42. The zero-order valence-electron chi connectivity index (χ0n) is 18.0. The quantitative estimate of drug-likeness (QED) is 0.619. The number of benzene rings is 2. The molecule has 0 aliphatic carbocycles. The molecule has 1 atom stereocenters. The molecule has 0 spiro atoms. The highest BCUT2D eigenvalue weighted by atomic mass is 16.5. The number of nitrogens with one attached hydrogen (secondary N) is 2. The van der Waals surface area contributed by atoms with Crippen molar-refractivity contribution < 1.29 is 19.1 Å². The van der Waals surface area contributed by atoms with E-state index in [0.717, 1.165) is 28.8 Å². The third-order valence-corrected chi connectivity index (χ3v) is 6.22. The molecule has 2 aliphatic heterocycles. The number of nitrogens with zero attached hydrogens (tertiary/aromatic N) is 2. The van der Waals surface area contributed by atoms with Crippen molar-refractivity contribution in [1.29, 1.82) is 0 Å². The van der Waals surface area contributed by atoms with E-state index in [2.05, 4.69) is 15.2 Å². The summed E-state index contributed by atoms with van der Waals surface area (Å²) in [4.78, 5) is 44.0. The predicted molar refractivity (Wildman–Crippen MR) is 121 cm³/mol. The molecular weight excluding hydrogens is 408 g/mol. The normalized spacial score (nSPS) is 18.8. The highest BCUT2D eigenvalue weighted by Gasteiger charge is 2.43. The molecule has 1 fully saturated rings. The molecule has 2 aliphatic rings. The van der Waals surface area contributed by atoms with Gasteiger partial charge in [0.15, 0.2) is 0 Å². The minimum atomic E-state index is -0.480. The zero-order valence-corrected chi connectivity index (χ0v) is 18.0. The molecule has 0 radical (unpaired) electrons. The molecule has 8 heteroatoms. The van der Waals surface area contributed by atoms with Crippen LogP contribution >= 0.6 is 0 Å². The Morgan fingerprint density at radius 3 is 2.66 bits per heavy atom. The van der Waals surface area contributed by atoms with Gasteiger partial charge in [-0.3, -0.25) is 19.3 Å².